The van der Waals surface area contributed by atoms with Gasteiger partial charge in [0.2, 0.25) is 0 Å². The number of hydrogen-bond donors (Lipinski definition) is 2. The first-order chi connectivity index (χ1) is 13.5. The van der Waals surface area contributed by atoms with Crippen molar-refractivity contribution >= 4 is 27.5 Å². The van der Waals surface area contributed by atoms with Crippen LogP contribution < -0.4 is 14.9 Å². The Bertz CT molecular complexity index is 1010. The number of H-pyrrole nitrogens is 1. The van der Waals surface area contributed by atoms with Crippen LogP contribution >= 0.6 is 15.9 Å². The first kappa shape index (κ1) is 19.6. The molecule has 3 rings (SSSR count). The zero-order valence-corrected chi connectivity index (χ0v) is 17.2. The summed E-state index contributed by atoms with van der Waals surface area (Å²) in [6.45, 7) is 1.82. The summed E-state index contributed by atoms with van der Waals surface area (Å²) in [6, 6.07) is 14.7. The molecule has 0 fully saturated rings. The van der Waals surface area contributed by atoms with Crippen molar-refractivity contribution in [2.24, 2.45) is 5.10 Å². The Hall–Kier alpha value is -3.13. The lowest BCUT2D eigenvalue weighted by molar-refractivity contribution is 0.0950. The van der Waals surface area contributed by atoms with Gasteiger partial charge in [0, 0.05) is 10.0 Å². The highest BCUT2D eigenvalue weighted by Gasteiger charge is 2.15. The molecule has 0 radical (unpaired) electrons. The molecule has 0 saturated heterocycles. The fraction of sp³-hybridized carbons (Fsp3) is 0.150. The topological polar surface area (TPSA) is 88.6 Å². The number of nitrogens with one attached hydrogen (secondary N) is 2. The standard InChI is InChI=1S/C20H19BrN4O3/c1-12(13-4-6-14(21)7-5-13)22-25-20(26)18-11-17(23-24-18)16-10-15(27-2)8-9-19(16)28-3/h4-11H,1-3H3,(H,23,24)(H,25,26). The minimum atomic E-state index is -0.392. The molecule has 0 saturated carbocycles. The molecule has 1 heterocycles. The zero-order chi connectivity index (χ0) is 20.1. The highest BCUT2D eigenvalue weighted by Crippen LogP contribution is 2.32. The molecule has 2 aromatic carbocycles. The van der Waals surface area contributed by atoms with Crippen molar-refractivity contribution in [1.82, 2.24) is 15.6 Å². The molecular weight excluding hydrogens is 424 g/mol. The number of aromatic nitrogens is 2. The number of methoxy groups -OCH3 is 2. The van der Waals surface area contributed by atoms with Gasteiger partial charge in [-0.1, -0.05) is 28.1 Å². The Kier molecular flexibility index (Phi) is 6.10. The summed E-state index contributed by atoms with van der Waals surface area (Å²) < 4.78 is 11.6. The smallest absolute Gasteiger partial charge is 0.289 e. The lowest BCUT2D eigenvalue weighted by Crippen LogP contribution is -2.19. The van der Waals surface area contributed by atoms with E-state index in [9.17, 15) is 4.79 Å². The van der Waals surface area contributed by atoms with E-state index in [2.05, 4.69) is 36.7 Å². The summed E-state index contributed by atoms with van der Waals surface area (Å²) in [6.07, 6.45) is 0. The van der Waals surface area contributed by atoms with Crippen molar-refractivity contribution in [1.29, 1.82) is 0 Å². The first-order valence-electron chi connectivity index (χ1n) is 8.40. The number of hydrazone groups is 1. The van der Waals surface area contributed by atoms with Crippen LogP contribution in [0.3, 0.4) is 0 Å². The number of benzene rings is 2. The summed E-state index contributed by atoms with van der Waals surface area (Å²) in [5.74, 6) is 0.903. The van der Waals surface area contributed by atoms with Gasteiger partial charge >= 0.3 is 0 Å². The van der Waals surface area contributed by atoms with Crippen molar-refractivity contribution < 1.29 is 14.3 Å². The van der Waals surface area contributed by atoms with E-state index in [0.29, 0.717) is 28.5 Å². The molecule has 28 heavy (non-hydrogen) atoms. The van der Waals surface area contributed by atoms with Gasteiger partial charge in [-0.2, -0.15) is 10.2 Å². The maximum absolute atomic E-state index is 12.4. The molecule has 7 nitrogen and oxygen atoms in total. The molecule has 0 aliphatic heterocycles. The summed E-state index contributed by atoms with van der Waals surface area (Å²) in [5.41, 5.74) is 5.70. The molecule has 0 atom stereocenters. The highest BCUT2D eigenvalue weighted by molar-refractivity contribution is 9.10. The fourth-order valence-corrected chi connectivity index (χ4v) is 2.81. The minimum Gasteiger partial charge on any atom is -0.497 e. The van der Waals surface area contributed by atoms with Gasteiger partial charge in [0.1, 0.15) is 17.2 Å². The number of amides is 1. The number of aromatic amines is 1. The van der Waals surface area contributed by atoms with Crippen molar-refractivity contribution in [2.75, 3.05) is 14.2 Å². The van der Waals surface area contributed by atoms with Crippen molar-refractivity contribution in [3.8, 4) is 22.8 Å². The molecule has 0 spiro atoms. The highest BCUT2D eigenvalue weighted by atomic mass is 79.9. The van der Waals surface area contributed by atoms with E-state index in [-0.39, 0.29) is 5.69 Å². The minimum absolute atomic E-state index is 0.284. The molecular formula is C20H19BrN4O3. The van der Waals surface area contributed by atoms with Gasteiger partial charge in [0.15, 0.2) is 0 Å². The Morgan fingerprint density at radius 2 is 1.86 bits per heavy atom. The third-order valence-corrected chi connectivity index (χ3v) is 4.62. The van der Waals surface area contributed by atoms with E-state index >= 15 is 0 Å². The maximum Gasteiger partial charge on any atom is 0.289 e. The second-order valence-corrected chi connectivity index (χ2v) is 6.79. The normalized spacial score (nSPS) is 11.2. The molecule has 0 bridgehead atoms. The number of nitrogens with zero attached hydrogens (tertiary/aromatic N) is 2. The van der Waals surface area contributed by atoms with Crippen molar-refractivity contribution in [3.05, 3.63) is 64.3 Å². The van der Waals surface area contributed by atoms with E-state index in [1.165, 1.54) is 0 Å². The quantitative estimate of drug-likeness (QED) is 0.445. The van der Waals surface area contributed by atoms with Crippen LogP contribution in [0.4, 0.5) is 0 Å². The van der Waals surface area contributed by atoms with Crippen LogP contribution in [0.1, 0.15) is 23.0 Å². The number of rotatable bonds is 6. The summed E-state index contributed by atoms with van der Waals surface area (Å²) in [4.78, 5) is 12.4. The van der Waals surface area contributed by atoms with Crippen LogP contribution in [0, 0.1) is 0 Å². The predicted octanol–water partition coefficient (Wildman–Crippen LogP) is 4.01. The van der Waals surface area contributed by atoms with E-state index < -0.39 is 5.91 Å². The van der Waals surface area contributed by atoms with Gasteiger partial charge in [-0.3, -0.25) is 9.89 Å². The summed E-state index contributed by atoms with van der Waals surface area (Å²) >= 11 is 3.39. The number of carbonyl (C=O) groups is 1. The van der Waals surface area contributed by atoms with Gasteiger partial charge in [-0.25, -0.2) is 5.43 Å². The Morgan fingerprint density at radius 1 is 1.11 bits per heavy atom. The summed E-state index contributed by atoms with van der Waals surface area (Å²) in [5, 5.41) is 11.1. The molecule has 0 aliphatic carbocycles. The Labute approximate surface area is 170 Å². The van der Waals surface area contributed by atoms with E-state index in [1.54, 1.807) is 38.5 Å². The number of hydrogen-bond acceptors (Lipinski definition) is 5. The van der Waals surface area contributed by atoms with Crippen LogP contribution in [0.15, 0.2) is 58.1 Å². The maximum atomic E-state index is 12.4. The second kappa shape index (κ2) is 8.71. The molecule has 0 aliphatic rings. The Balaban J connectivity index is 1.77. The molecule has 8 heteroatoms. The average molecular weight is 443 g/mol. The zero-order valence-electron chi connectivity index (χ0n) is 15.6. The van der Waals surface area contributed by atoms with E-state index in [0.717, 1.165) is 10.0 Å². The molecule has 144 valence electrons. The largest absolute Gasteiger partial charge is 0.497 e. The van der Waals surface area contributed by atoms with Crippen LogP contribution in [0.2, 0.25) is 0 Å². The van der Waals surface area contributed by atoms with Gasteiger partial charge in [0.05, 0.1) is 25.6 Å². The van der Waals surface area contributed by atoms with Crippen molar-refractivity contribution in [2.45, 2.75) is 6.92 Å². The molecule has 1 amide bonds. The van der Waals surface area contributed by atoms with E-state index in [1.807, 2.05) is 31.2 Å². The third-order valence-electron chi connectivity index (χ3n) is 4.09. The van der Waals surface area contributed by atoms with Crippen LogP contribution in [-0.4, -0.2) is 36.0 Å². The second-order valence-electron chi connectivity index (χ2n) is 5.88. The third kappa shape index (κ3) is 4.40. The molecule has 3 aromatic rings. The van der Waals surface area contributed by atoms with Crippen molar-refractivity contribution in [3.63, 3.8) is 0 Å². The molecule has 1 aromatic heterocycles. The molecule has 0 unspecified atom stereocenters. The van der Waals surface area contributed by atoms with Crippen LogP contribution in [0.5, 0.6) is 11.5 Å². The first-order valence-corrected chi connectivity index (χ1v) is 9.19. The summed E-state index contributed by atoms with van der Waals surface area (Å²) in [7, 11) is 3.16. The van der Waals surface area contributed by atoms with Gasteiger partial charge < -0.3 is 9.47 Å². The monoisotopic (exact) mass is 442 g/mol. The van der Waals surface area contributed by atoms with Gasteiger partial charge in [-0.05, 0) is 48.9 Å². The van der Waals surface area contributed by atoms with Gasteiger partial charge in [-0.15, -0.1) is 0 Å². The SMILES string of the molecule is COc1ccc(OC)c(-c2cc(C(=O)NN=C(C)c3ccc(Br)cc3)[nH]n2)c1. The predicted molar refractivity (Wildman–Crippen MR) is 111 cm³/mol. The number of carbonyl (C=O) groups excluding carboxylic acids is 1. The lowest BCUT2D eigenvalue weighted by atomic mass is 10.1. The Morgan fingerprint density at radius 3 is 2.54 bits per heavy atom. The number of ether oxygens (including phenoxy) is 2. The fourth-order valence-electron chi connectivity index (χ4n) is 2.54. The number of halogens is 1. The van der Waals surface area contributed by atoms with Gasteiger partial charge in [0.25, 0.3) is 5.91 Å². The van der Waals surface area contributed by atoms with Crippen LogP contribution in [0.25, 0.3) is 11.3 Å². The average Bonchev–Trinajstić information content (AvgIpc) is 3.22. The van der Waals surface area contributed by atoms with E-state index in [4.69, 9.17) is 9.47 Å². The molecule has 2 N–H and O–H groups in total. The lowest BCUT2D eigenvalue weighted by Gasteiger charge is -2.08. The van der Waals surface area contributed by atoms with Crippen LogP contribution in [-0.2, 0) is 0 Å².